The maximum absolute atomic E-state index is 11.2. The average molecular weight is 241 g/mol. The minimum Gasteiger partial charge on any atom is -0.371 e. The molecule has 0 radical (unpaired) electrons. The van der Waals surface area contributed by atoms with Crippen molar-refractivity contribution in [3.05, 3.63) is 29.8 Å². The Kier molecular flexibility index (Phi) is 3.28. The van der Waals surface area contributed by atoms with E-state index in [0.717, 1.165) is 18.7 Å². The number of benzene rings is 1. The Morgan fingerprint density at radius 2 is 1.94 bits per heavy atom. The molecule has 1 N–H and O–H groups in total. The zero-order chi connectivity index (χ0) is 11.6. The number of sulfone groups is 1. The van der Waals surface area contributed by atoms with Gasteiger partial charge in [-0.3, -0.25) is 0 Å². The van der Waals surface area contributed by atoms with Gasteiger partial charge in [-0.15, -0.1) is 0 Å². The number of nitrogens with one attached hydrogen (secondary N) is 1. The third-order valence-electron chi connectivity index (χ3n) is 2.58. The van der Waals surface area contributed by atoms with Gasteiger partial charge in [0.15, 0.2) is 9.84 Å². The van der Waals surface area contributed by atoms with Crippen LogP contribution in [0.3, 0.4) is 0 Å². The topological polar surface area (TPSA) is 55.4 Å². The molecule has 2 rings (SSSR count). The first-order chi connectivity index (χ1) is 7.55. The van der Waals surface area contributed by atoms with Gasteiger partial charge in [0.05, 0.1) is 17.6 Å². The lowest BCUT2D eigenvalue weighted by atomic mass is 10.2. The molecular formula is C11H15NO3S. The van der Waals surface area contributed by atoms with Crippen molar-refractivity contribution in [2.24, 2.45) is 0 Å². The fourth-order valence-corrected chi connectivity index (χ4v) is 2.06. The molecule has 1 aromatic rings. The predicted octanol–water partition coefficient (Wildman–Crippen LogP) is 0.578. The third kappa shape index (κ3) is 2.81. The van der Waals surface area contributed by atoms with Crippen LogP contribution in [0.2, 0.25) is 0 Å². The highest BCUT2D eigenvalue weighted by atomic mass is 32.2. The SMILES string of the molecule is CS(=O)(=O)c1ccc(COC2CNC2)cc1. The predicted molar refractivity (Wildman–Crippen MR) is 61.0 cm³/mol. The van der Waals surface area contributed by atoms with Gasteiger partial charge in [0.25, 0.3) is 0 Å². The highest BCUT2D eigenvalue weighted by molar-refractivity contribution is 7.90. The molecule has 4 nitrogen and oxygen atoms in total. The van der Waals surface area contributed by atoms with Gasteiger partial charge in [0, 0.05) is 19.3 Å². The smallest absolute Gasteiger partial charge is 0.175 e. The van der Waals surface area contributed by atoms with E-state index in [-0.39, 0.29) is 0 Å². The molecule has 88 valence electrons. The molecule has 0 bridgehead atoms. The Labute approximate surface area is 95.5 Å². The van der Waals surface area contributed by atoms with Crippen LogP contribution < -0.4 is 5.32 Å². The van der Waals surface area contributed by atoms with E-state index in [2.05, 4.69) is 5.32 Å². The Morgan fingerprint density at radius 1 is 1.31 bits per heavy atom. The first-order valence-electron chi connectivity index (χ1n) is 5.17. The summed E-state index contributed by atoms with van der Waals surface area (Å²) in [5.74, 6) is 0. The Hall–Kier alpha value is -0.910. The quantitative estimate of drug-likeness (QED) is 0.837. The molecule has 1 heterocycles. The maximum Gasteiger partial charge on any atom is 0.175 e. The highest BCUT2D eigenvalue weighted by Crippen LogP contribution is 2.12. The van der Waals surface area contributed by atoms with Crippen molar-refractivity contribution in [1.82, 2.24) is 5.32 Å². The van der Waals surface area contributed by atoms with Crippen LogP contribution in [-0.2, 0) is 21.2 Å². The fraction of sp³-hybridized carbons (Fsp3) is 0.455. The third-order valence-corrected chi connectivity index (χ3v) is 3.71. The summed E-state index contributed by atoms with van der Waals surface area (Å²) in [6.07, 6.45) is 1.51. The van der Waals surface area contributed by atoms with Crippen LogP contribution >= 0.6 is 0 Å². The summed E-state index contributed by atoms with van der Waals surface area (Å²) in [6.45, 7) is 2.35. The van der Waals surface area contributed by atoms with Crippen molar-refractivity contribution in [2.45, 2.75) is 17.6 Å². The molecule has 1 aliphatic heterocycles. The summed E-state index contributed by atoms with van der Waals surface area (Å²) in [5.41, 5.74) is 0.999. The molecule has 0 spiro atoms. The van der Waals surface area contributed by atoms with Crippen molar-refractivity contribution in [1.29, 1.82) is 0 Å². The summed E-state index contributed by atoms with van der Waals surface area (Å²) >= 11 is 0. The molecule has 0 amide bonds. The van der Waals surface area contributed by atoms with E-state index in [1.165, 1.54) is 6.26 Å². The van der Waals surface area contributed by atoms with Crippen LogP contribution in [0.25, 0.3) is 0 Å². The van der Waals surface area contributed by atoms with Crippen LogP contribution in [0.1, 0.15) is 5.56 Å². The van der Waals surface area contributed by atoms with Crippen LogP contribution in [0, 0.1) is 0 Å². The Morgan fingerprint density at radius 3 is 2.38 bits per heavy atom. The molecule has 0 unspecified atom stereocenters. The van der Waals surface area contributed by atoms with Gasteiger partial charge in [0.1, 0.15) is 0 Å². The van der Waals surface area contributed by atoms with Crippen LogP contribution in [0.4, 0.5) is 0 Å². The lowest BCUT2D eigenvalue weighted by Crippen LogP contribution is -2.48. The maximum atomic E-state index is 11.2. The Balaban J connectivity index is 1.96. The summed E-state index contributed by atoms with van der Waals surface area (Å²) < 4.78 is 28.0. The van der Waals surface area contributed by atoms with E-state index >= 15 is 0 Å². The van der Waals surface area contributed by atoms with Crippen molar-refractivity contribution in [3.8, 4) is 0 Å². The van der Waals surface area contributed by atoms with E-state index in [1.54, 1.807) is 24.3 Å². The van der Waals surface area contributed by atoms with Gasteiger partial charge < -0.3 is 10.1 Å². The summed E-state index contributed by atoms with van der Waals surface area (Å²) in [7, 11) is -3.10. The normalized spacial score (nSPS) is 17.1. The van der Waals surface area contributed by atoms with Crippen LogP contribution in [0.5, 0.6) is 0 Å². The lowest BCUT2D eigenvalue weighted by molar-refractivity contribution is 0.00757. The van der Waals surface area contributed by atoms with Gasteiger partial charge in [-0.05, 0) is 17.7 Å². The zero-order valence-corrected chi connectivity index (χ0v) is 9.96. The van der Waals surface area contributed by atoms with Crippen molar-refractivity contribution in [2.75, 3.05) is 19.3 Å². The summed E-state index contributed by atoms with van der Waals surface area (Å²) in [6, 6.07) is 6.82. The largest absolute Gasteiger partial charge is 0.371 e. The molecular weight excluding hydrogens is 226 g/mol. The number of rotatable bonds is 4. The average Bonchev–Trinajstić information content (AvgIpc) is 2.15. The van der Waals surface area contributed by atoms with Crippen molar-refractivity contribution >= 4 is 9.84 Å². The molecule has 1 aromatic carbocycles. The van der Waals surface area contributed by atoms with Gasteiger partial charge in [-0.2, -0.15) is 0 Å². The second kappa shape index (κ2) is 4.53. The lowest BCUT2D eigenvalue weighted by Gasteiger charge is -2.27. The molecule has 16 heavy (non-hydrogen) atoms. The van der Waals surface area contributed by atoms with Crippen LogP contribution in [0.15, 0.2) is 29.2 Å². The van der Waals surface area contributed by atoms with Crippen molar-refractivity contribution in [3.63, 3.8) is 0 Å². The standard InChI is InChI=1S/C11H15NO3S/c1-16(13,14)11-4-2-9(3-5-11)8-15-10-6-12-7-10/h2-5,10,12H,6-8H2,1H3. The zero-order valence-electron chi connectivity index (χ0n) is 9.14. The minimum absolute atomic E-state index is 0.301. The molecule has 0 atom stereocenters. The first-order valence-corrected chi connectivity index (χ1v) is 7.06. The summed E-state index contributed by atoms with van der Waals surface area (Å²) in [4.78, 5) is 0.349. The van der Waals surface area contributed by atoms with E-state index in [9.17, 15) is 8.42 Å². The van der Waals surface area contributed by atoms with Crippen molar-refractivity contribution < 1.29 is 13.2 Å². The van der Waals surface area contributed by atoms with Gasteiger partial charge in [0.2, 0.25) is 0 Å². The molecule has 0 aromatic heterocycles. The second-order valence-electron chi connectivity index (χ2n) is 4.01. The highest BCUT2D eigenvalue weighted by Gasteiger charge is 2.16. The molecule has 0 saturated carbocycles. The van der Waals surface area contributed by atoms with E-state index < -0.39 is 9.84 Å². The van der Waals surface area contributed by atoms with Gasteiger partial charge >= 0.3 is 0 Å². The second-order valence-corrected chi connectivity index (χ2v) is 6.02. The number of ether oxygens (including phenoxy) is 1. The van der Waals surface area contributed by atoms with E-state index in [0.29, 0.717) is 17.6 Å². The molecule has 1 saturated heterocycles. The van der Waals surface area contributed by atoms with Gasteiger partial charge in [-0.25, -0.2) is 8.42 Å². The van der Waals surface area contributed by atoms with Gasteiger partial charge in [-0.1, -0.05) is 12.1 Å². The fourth-order valence-electron chi connectivity index (χ4n) is 1.43. The van der Waals surface area contributed by atoms with Crippen LogP contribution in [-0.4, -0.2) is 33.9 Å². The van der Waals surface area contributed by atoms with E-state index in [1.807, 2.05) is 0 Å². The minimum atomic E-state index is -3.10. The molecule has 5 heteroatoms. The monoisotopic (exact) mass is 241 g/mol. The summed E-state index contributed by atoms with van der Waals surface area (Å²) in [5, 5.41) is 3.12. The molecule has 1 aliphatic rings. The molecule has 0 aliphatic carbocycles. The number of hydrogen-bond acceptors (Lipinski definition) is 4. The van der Waals surface area contributed by atoms with E-state index in [4.69, 9.17) is 4.74 Å². The molecule has 1 fully saturated rings. The Bertz CT molecular complexity index is 449. The first kappa shape index (κ1) is 11.6. The number of hydrogen-bond donors (Lipinski definition) is 1.